The summed E-state index contributed by atoms with van der Waals surface area (Å²) in [6, 6.07) is 15.4. The molecule has 0 atom stereocenters. The maximum atomic E-state index is 11.0. The molecule has 1 N–H and O–H groups in total. The molecular formula is C26H31Cl2N3O3. The predicted octanol–water partition coefficient (Wildman–Crippen LogP) is 5.29. The fourth-order valence-corrected chi connectivity index (χ4v) is 4.49. The third kappa shape index (κ3) is 6.66. The van der Waals surface area contributed by atoms with E-state index in [-0.39, 0.29) is 6.61 Å². The van der Waals surface area contributed by atoms with Crippen molar-refractivity contribution in [2.24, 2.45) is 0 Å². The van der Waals surface area contributed by atoms with Gasteiger partial charge in [-0.25, -0.2) is 0 Å². The van der Waals surface area contributed by atoms with E-state index in [1.165, 1.54) is 5.56 Å². The highest BCUT2D eigenvalue weighted by atomic mass is 35.5. The number of likely N-dealkylation sites (tertiary alicyclic amines) is 1. The minimum Gasteiger partial charge on any atom is -0.492 e. The summed E-state index contributed by atoms with van der Waals surface area (Å²) in [4.78, 5) is 2.35. The van der Waals surface area contributed by atoms with Gasteiger partial charge in [-0.2, -0.15) is 5.10 Å². The van der Waals surface area contributed by atoms with Crippen LogP contribution in [0.2, 0.25) is 10.0 Å². The van der Waals surface area contributed by atoms with Crippen molar-refractivity contribution in [2.75, 3.05) is 26.3 Å². The number of rotatable bonds is 9. The molecular weight excluding hydrogens is 473 g/mol. The first-order valence-electron chi connectivity index (χ1n) is 11.6. The van der Waals surface area contributed by atoms with Gasteiger partial charge in [-0.1, -0.05) is 35.3 Å². The zero-order valence-corrected chi connectivity index (χ0v) is 21.1. The number of aromatic nitrogens is 2. The lowest BCUT2D eigenvalue weighted by atomic mass is 9.92. The van der Waals surface area contributed by atoms with Crippen molar-refractivity contribution in [1.29, 1.82) is 0 Å². The van der Waals surface area contributed by atoms with Gasteiger partial charge in [-0.05, 0) is 62.6 Å². The Bertz CT molecular complexity index is 1110. The number of hydrogen-bond acceptors (Lipinski definition) is 5. The Morgan fingerprint density at radius 1 is 0.971 bits per heavy atom. The lowest BCUT2D eigenvalue weighted by Gasteiger charge is -2.38. The highest BCUT2D eigenvalue weighted by molar-refractivity contribution is 6.42. The van der Waals surface area contributed by atoms with Gasteiger partial charge in [0.2, 0.25) is 0 Å². The number of nitrogens with zero attached hydrogens (tertiary/aromatic N) is 3. The van der Waals surface area contributed by atoms with E-state index in [9.17, 15) is 5.11 Å². The molecule has 0 saturated carbocycles. The highest BCUT2D eigenvalue weighted by Crippen LogP contribution is 2.29. The van der Waals surface area contributed by atoms with Crippen LogP contribution >= 0.6 is 23.2 Å². The minimum atomic E-state index is -0.851. The Kier molecular flexibility index (Phi) is 8.04. The first-order chi connectivity index (χ1) is 16.3. The van der Waals surface area contributed by atoms with Crippen LogP contribution in [0.15, 0.2) is 48.5 Å². The fraction of sp³-hybridized carbons (Fsp3) is 0.423. The molecule has 0 spiro atoms. The van der Waals surface area contributed by atoms with Crippen LogP contribution in [0.3, 0.4) is 0 Å². The lowest BCUT2D eigenvalue weighted by Crippen LogP contribution is -2.47. The Morgan fingerprint density at radius 3 is 2.44 bits per heavy atom. The summed E-state index contributed by atoms with van der Waals surface area (Å²) in [7, 11) is 0. The van der Waals surface area contributed by atoms with E-state index in [0.29, 0.717) is 35.2 Å². The molecule has 1 aliphatic rings. The number of benzene rings is 2. The zero-order chi connectivity index (χ0) is 24.1. The molecule has 2 heterocycles. The van der Waals surface area contributed by atoms with Crippen molar-refractivity contribution in [1.82, 2.24) is 14.7 Å². The zero-order valence-electron chi connectivity index (χ0n) is 19.6. The van der Waals surface area contributed by atoms with Gasteiger partial charge in [-0.15, -0.1) is 0 Å². The van der Waals surface area contributed by atoms with Crippen LogP contribution in [0.5, 0.6) is 11.5 Å². The van der Waals surface area contributed by atoms with Gasteiger partial charge < -0.3 is 14.6 Å². The van der Waals surface area contributed by atoms with Crippen molar-refractivity contribution in [3.05, 3.63) is 75.5 Å². The Morgan fingerprint density at radius 2 is 1.74 bits per heavy atom. The fourth-order valence-electron chi connectivity index (χ4n) is 4.20. The number of halogens is 2. The molecule has 3 aromatic rings. The van der Waals surface area contributed by atoms with Crippen LogP contribution in [0.1, 0.15) is 29.8 Å². The van der Waals surface area contributed by atoms with E-state index in [0.717, 1.165) is 43.3 Å². The van der Waals surface area contributed by atoms with Gasteiger partial charge in [0.15, 0.2) is 0 Å². The highest BCUT2D eigenvalue weighted by Gasteiger charge is 2.33. The molecule has 0 radical (unpaired) electrons. The van der Waals surface area contributed by atoms with Gasteiger partial charge in [0.05, 0.1) is 22.3 Å². The number of aryl methyl sites for hydroxylation is 2. The normalized spacial score (nSPS) is 15.9. The SMILES string of the molecule is Cc1cc(C)n(CCOc2cccc(CN3CCC(O)(COc4ccc(Cl)c(Cl)c4)CC3)c2)n1. The summed E-state index contributed by atoms with van der Waals surface area (Å²) in [6.07, 6.45) is 1.29. The van der Waals surface area contributed by atoms with Crippen LogP contribution in [-0.4, -0.2) is 51.7 Å². The molecule has 0 unspecified atom stereocenters. The maximum Gasteiger partial charge on any atom is 0.121 e. The second-order valence-corrected chi connectivity index (χ2v) is 9.83. The molecule has 8 heteroatoms. The van der Waals surface area contributed by atoms with E-state index in [1.807, 2.05) is 23.7 Å². The summed E-state index contributed by atoms with van der Waals surface area (Å²) in [5, 5.41) is 16.4. The maximum absolute atomic E-state index is 11.0. The minimum absolute atomic E-state index is 0.234. The third-order valence-corrected chi connectivity index (χ3v) is 6.90. The Hall–Kier alpha value is -2.25. The number of piperidine rings is 1. The Labute approximate surface area is 211 Å². The van der Waals surface area contributed by atoms with Crippen molar-refractivity contribution in [3.8, 4) is 11.5 Å². The molecule has 1 aliphatic heterocycles. The van der Waals surface area contributed by atoms with Gasteiger partial charge in [0.1, 0.15) is 30.3 Å². The average Bonchev–Trinajstić information content (AvgIpc) is 3.13. The molecule has 1 saturated heterocycles. The summed E-state index contributed by atoms with van der Waals surface area (Å²) in [5.74, 6) is 1.47. The monoisotopic (exact) mass is 503 g/mol. The van der Waals surface area contributed by atoms with Gasteiger partial charge in [-0.3, -0.25) is 9.58 Å². The van der Waals surface area contributed by atoms with Crippen LogP contribution < -0.4 is 9.47 Å². The molecule has 6 nitrogen and oxygen atoms in total. The van der Waals surface area contributed by atoms with E-state index in [1.54, 1.807) is 18.2 Å². The van der Waals surface area contributed by atoms with Crippen molar-refractivity contribution in [2.45, 2.75) is 45.4 Å². The average molecular weight is 504 g/mol. The van der Waals surface area contributed by atoms with Gasteiger partial charge in [0, 0.05) is 31.4 Å². The third-order valence-electron chi connectivity index (χ3n) is 6.17. The van der Waals surface area contributed by atoms with Crippen LogP contribution in [0.25, 0.3) is 0 Å². The summed E-state index contributed by atoms with van der Waals surface area (Å²) in [6.45, 7) is 7.99. The van der Waals surface area contributed by atoms with Gasteiger partial charge in [0.25, 0.3) is 0 Å². The molecule has 4 rings (SSSR count). The van der Waals surface area contributed by atoms with Crippen molar-refractivity contribution >= 4 is 23.2 Å². The largest absolute Gasteiger partial charge is 0.492 e. The number of hydrogen-bond donors (Lipinski definition) is 1. The van der Waals surface area contributed by atoms with Crippen LogP contribution in [0.4, 0.5) is 0 Å². The van der Waals surface area contributed by atoms with Crippen LogP contribution in [-0.2, 0) is 13.1 Å². The van der Waals surface area contributed by atoms with E-state index >= 15 is 0 Å². The number of aliphatic hydroxyl groups is 1. The molecule has 1 aromatic heterocycles. The van der Waals surface area contributed by atoms with Crippen molar-refractivity contribution in [3.63, 3.8) is 0 Å². The molecule has 0 bridgehead atoms. The molecule has 34 heavy (non-hydrogen) atoms. The quantitative estimate of drug-likeness (QED) is 0.429. The summed E-state index contributed by atoms with van der Waals surface area (Å²) in [5.41, 5.74) is 2.51. The topological polar surface area (TPSA) is 59.8 Å². The van der Waals surface area contributed by atoms with E-state index in [4.69, 9.17) is 32.7 Å². The smallest absolute Gasteiger partial charge is 0.121 e. The summed E-state index contributed by atoms with van der Waals surface area (Å²) < 4.78 is 13.7. The first kappa shape index (κ1) is 24.9. The molecule has 182 valence electrons. The van der Waals surface area contributed by atoms with Crippen LogP contribution in [0, 0.1) is 13.8 Å². The lowest BCUT2D eigenvalue weighted by molar-refractivity contribution is -0.0537. The first-order valence-corrected chi connectivity index (χ1v) is 12.3. The van der Waals surface area contributed by atoms with Crippen molar-refractivity contribution < 1.29 is 14.6 Å². The predicted molar refractivity (Wildman–Crippen MR) is 135 cm³/mol. The molecule has 1 fully saturated rings. The Balaban J connectivity index is 1.23. The molecule has 2 aromatic carbocycles. The van der Waals surface area contributed by atoms with Gasteiger partial charge >= 0.3 is 0 Å². The second-order valence-electron chi connectivity index (χ2n) is 9.01. The number of ether oxygens (including phenoxy) is 2. The second kappa shape index (κ2) is 11.0. The standard InChI is InChI=1S/C26H31Cl2N3O3/c1-19-14-20(2)31(29-19)12-13-33-22-5-3-4-21(15-22)17-30-10-8-26(32,9-11-30)18-34-23-6-7-24(27)25(28)16-23/h3-7,14-16,32H,8-13,17-18H2,1-2H3. The van der Waals surface area contributed by atoms with E-state index in [2.05, 4.69) is 35.1 Å². The molecule has 0 aliphatic carbocycles. The van der Waals surface area contributed by atoms with E-state index < -0.39 is 5.60 Å². The summed E-state index contributed by atoms with van der Waals surface area (Å²) >= 11 is 12.0. The molecule has 0 amide bonds.